The number of halogens is 5. The Morgan fingerprint density at radius 2 is 1.76 bits per heavy atom. The van der Waals surface area contributed by atoms with Crippen molar-refractivity contribution >= 4 is 5.78 Å². The Balaban J connectivity index is 3.53. The second-order valence-corrected chi connectivity index (χ2v) is 3.61. The maximum atomic E-state index is 12.6. The van der Waals surface area contributed by atoms with Gasteiger partial charge in [0.05, 0.1) is 5.56 Å². The average Bonchev–Trinajstić information content (AvgIpc) is 2.13. The van der Waals surface area contributed by atoms with Crippen molar-refractivity contribution in [3.05, 3.63) is 34.4 Å². The van der Waals surface area contributed by atoms with E-state index in [0.29, 0.717) is 12.1 Å². The predicted octanol–water partition coefficient (Wildman–Crippen LogP) is 4.15. The molecule has 94 valence electrons. The number of benzene rings is 1. The van der Waals surface area contributed by atoms with Gasteiger partial charge in [0.15, 0.2) is 5.78 Å². The number of alkyl halides is 5. The number of rotatable bonds is 2. The maximum Gasteiger partial charge on any atom is 0.416 e. The minimum atomic E-state index is -4.66. The zero-order valence-electron chi connectivity index (χ0n) is 9.03. The molecule has 0 aliphatic rings. The van der Waals surface area contributed by atoms with Gasteiger partial charge in [-0.2, -0.15) is 13.2 Å². The summed E-state index contributed by atoms with van der Waals surface area (Å²) in [5, 5.41) is 0. The monoisotopic (exact) mass is 252 g/mol. The van der Waals surface area contributed by atoms with Crippen molar-refractivity contribution in [2.45, 2.75) is 26.4 Å². The molecule has 0 aliphatic carbocycles. The van der Waals surface area contributed by atoms with E-state index in [0.717, 1.165) is 13.8 Å². The molecule has 0 fully saturated rings. The van der Waals surface area contributed by atoms with Crippen molar-refractivity contribution in [2.24, 2.45) is 0 Å². The molecule has 0 radical (unpaired) electrons. The van der Waals surface area contributed by atoms with E-state index >= 15 is 0 Å². The minimum Gasteiger partial charge on any atom is -0.294 e. The largest absolute Gasteiger partial charge is 0.416 e. The van der Waals surface area contributed by atoms with Gasteiger partial charge in [0.1, 0.15) is 0 Å². The lowest BCUT2D eigenvalue weighted by Crippen LogP contribution is -2.11. The number of hydrogen-bond acceptors (Lipinski definition) is 1. The smallest absolute Gasteiger partial charge is 0.294 e. The van der Waals surface area contributed by atoms with E-state index in [9.17, 15) is 26.7 Å². The van der Waals surface area contributed by atoms with Crippen LogP contribution in [0.15, 0.2) is 12.1 Å². The van der Waals surface area contributed by atoms with E-state index in [4.69, 9.17) is 0 Å². The van der Waals surface area contributed by atoms with Gasteiger partial charge in [0.2, 0.25) is 0 Å². The summed E-state index contributed by atoms with van der Waals surface area (Å²) in [7, 11) is 0. The maximum absolute atomic E-state index is 12.6. The SMILES string of the molecule is CC(=O)c1cc(C(F)(F)F)cc(C)c1C(F)F. The number of Topliss-reactive ketones (excluding diaryl/α,β-unsaturated/α-hetero) is 1. The average molecular weight is 252 g/mol. The van der Waals surface area contributed by atoms with Gasteiger partial charge in [0, 0.05) is 11.1 Å². The molecule has 0 amide bonds. The fourth-order valence-electron chi connectivity index (χ4n) is 1.54. The first-order valence-corrected chi connectivity index (χ1v) is 4.65. The summed E-state index contributed by atoms with van der Waals surface area (Å²) in [6.07, 6.45) is -7.63. The molecule has 1 nitrogen and oxygen atoms in total. The van der Waals surface area contributed by atoms with Crippen LogP contribution in [0, 0.1) is 6.92 Å². The third-order valence-corrected chi connectivity index (χ3v) is 2.31. The Morgan fingerprint density at radius 3 is 2.12 bits per heavy atom. The molecule has 0 aromatic heterocycles. The standard InChI is InChI=1S/C11H9F5O/c1-5-3-7(11(14,15)16)4-8(6(2)17)9(5)10(12)13/h3-4,10H,1-2H3. The van der Waals surface area contributed by atoms with E-state index in [1.807, 2.05) is 0 Å². The molecule has 1 aromatic carbocycles. The zero-order chi connectivity index (χ0) is 13.4. The summed E-state index contributed by atoms with van der Waals surface area (Å²) in [6, 6.07) is 1.09. The highest BCUT2D eigenvalue weighted by molar-refractivity contribution is 5.96. The molecule has 0 saturated carbocycles. The Labute approximate surface area is 94.2 Å². The molecule has 0 saturated heterocycles. The number of carbonyl (C=O) groups is 1. The van der Waals surface area contributed by atoms with E-state index < -0.39 is 35.1 Å². The topological polar surface area (TPSA) is 17.1 Å². The van der Waals surface area contributed by atoms with Crippen LogP contribution >= 0.6 is 0 Å². The summed E-state index contributed by atoms with van der Waals surface area (Å²) in [4.78, 5) is 11.1. The van der Waals surface area contributed by atoms with Gasteiger partial charge in [-0.1, -0.05) is 0 Å². The van der Waals surface area contributed by atoms with Gasteiger partial charge in [-0.15, -0.1) is 0 Å². The van der Waals surface area contributed by atoms with Crippen molar-refractivity contribution in [1.82, 2.24) is 0 Å². The highest BCUT2D eigenvalue weighted by Gasteiger charge is 2.33. The van der Waals surface area contributed by atoms with Gasteiger partial charge in [0.25, 0.3) is 6.43 Å². The van der Waals surface area contributed by atoms with Crippen LogP contribution in [0.25, 0.3) is 0 Å². The molecule has 1 rings (SSSR count). The molecule has 0 heterocycles. The summed E-state index contributed by atoms with van der Waals surface area (Å²) >= 11 is 0. The van der Waals surface area contributed by atoms with E-state index in [1.165, 1.54) is 0 Å². The van der Waals surface area contributed by atoms with Gasteiger partial charge >= 0.3 is 6.18 Å². The normalized spacial score (nSPS) is 12.0. The summed E-state index contributed by atoms with van der Waals surface area (Å²) in [5.41, 5.74) is -2.54. The van der Waals surface area contributed by atoms with Crippen LogP contribution in [-0.2, 0) is 6.18 Å². The zero-order valence-corrected chi connectivity index (χ0v) is 9.03. The Bertz CT molecular complexity index is 448. The number of carbonyl (C=O) groups excluding carboxylic acids is 1. The van der Waals surface area contributed by atoms with Crippen LogP contribution in [0.2, 0.25) is 0 Å². The second kappa shape index (κ2) is 4.43. The molecule has 6 heteroatoms. The Hall–Kier alpha value is -1.46. The number of aryl methyl sites for hydroxylation is 1. The van der Waals surface area contributed by atoms with Gasteiger partial charge in [-0.3, -0.25) is 4.79 Å². The van der Waals surface area contributed by atoms with Gasteiger partial charge in [-0.25, -0.2) is 8.78 Å². The first-order valence-electron chi connectivity index (χ1n) is 4.65. The Morgan fingerprint density at radius 1 is 1.24 bits per heavy atom. The lowest BCUT2D eigenvalue weighted by Gasteiger charge is -2.14. The minimum absolute atomic E-state index is 0.236. The second-order valence-electron chi connectivity index (χ2n) is 3.61. The number of hydrogen-bond donors (Lipinski definition) is 0. The van der Waals surface area contributed by atoms with Crippen LogP contribution in [0.4, 0.5) is 22.0 Å². The fourth-order valence-corrected chi connectivity index (χ4v) is 1.54. The summed E-state index contributed by atoms with van der Waals surface area (Å²) < 4.78 is 62.6. The quantitative estimate of drug-likeness (QED) is 0.570. The van der Waals surface area contributed by atoms with Crippen molar-refractivity contribution in [1.29, 1.82) is 0 Å². The van der Waals surface area contributed by atoms with Gasteiger partial charge < -0.3 is 0 Å². The van der Waals surface area contributed by atoms with Crippen LogP contribution in [-0.4, -0.2) is 5.78 Å². The third kappa shape index (κ3) is 2.81. The van der Waals surface area contributed by atoms with Crippen LogP contribution < -0.4 is 0 Å². The molecule has 1 aromatic rings. The first kappa shape index (κ1) is 13.6. The van der Waals surface area contributed by atoms with Crippen LogP contribution in [0.5, 0.6) is 0 Å². The highest BCUT2D eigenvalue weighted by atomic mass is 19.4. The summed E-state index contributed by atoms with van der Waals surface area (Å²) in [6.45, 7) is 2.09. The highest BCUT2D eigenvalue weighted by Crippen LogP contribution is 2.35. The van der Waals surface area contributed by atoms with E-state index in [1.54, 1.807) is 0 Å². The van der Waals surface area contributed by atoms with Crippen molar-refractivity contribution in [2.75, 3.05) is 0 Å². The fraction of sp³-hybridized carbons (Fsp3) is 0.364. The molecular formula is C11H9F5O. The van der Waals surface area contributed by atoms with E-state index in [2.05, 4.69) is 0 Å². The predicted molar refractivity (Wildman–Crippen MR) is 51.1 cm³/mol. The third-order valence-electron chi connectivity index (χ3n) is 2.31. The molecule has 0 unspecified atom stereocenters. The van der Waals surface area contributed by atoms with Crippen LogP contribution in [0.3, 0.4) is 0 Å². The van der Waals surface area contributed by atoms with Crippen molar-refractivity contribution < 1.29 is 26.7 Å². The lowest BCUT2D eigenvalue weighted by molar-refractivity contribution is -0.137. The van der Waals surface area contributed by atoms with Crippen LogP contribution in [0.1, 0.15) is 40.4 Å². The van der Waals surface area contributed by atoms with Gasteiger partial charge in [-0.05, 0) is 31.5 Å². The van der Waals surface area contributed by atoms with Crippen molar-refractivity contribution in [3.8, 4) is 0 Å². The van der Waals surface area contributed by atoms with E-state index in [-0.39, 0.29) is 5.56 Å². The Kier molecular flexibility index (Phi) is 3.54. The first-order chi connectivity index (χ1) is 7.64. The molecule has 0 spiro atoms. The molecular weight excluding hydrogens is 243 g/mol. The lowest BCUT2D eigenvalue weighted by atomic mass is 9.96. The number of ketones is 1. The molecule has 0 N–H and O–H groups in total. The molecule has 0 bridgehead atoms. The molecule has 0 atom stereocenters. The summed E-state index contributed by atoms with van der Waals surface area (Å²) in [5.74, 6) is -0.811. The van der Waals surface area contributed by atoms with Crippen molar-refractivity contribution in [3.63, 3.8) is 0 Å². The molecule has 0 aliphatic heterocycles. The molecule has 17 heavy (non-hydrogen) atoms.